The molecule has 5 nitrogen and oxygen atoms in total. The van der Waals surface area contributed by atoms with Gasteiger partial charge in [0.2, 0.25) is 5.91 Å². The molecule has 2 amide bonds. The van der Waals surface area contributed by atoms with E-state index in [1.165, 1.54) is 0 Å². The summed E-state index contributed by atoms with van der Waals surface area (Å²) in [5.74, 6) is 0.663. The zero-order valence-electron chi connectivity index (χ0n) is 13.1. The molecule has 0 unspecified atom stereocenters. The van der Waals surface area contributed by atoms with Gasteiger partial charge in [0.1, 0.15) is 0 Å². The Labute approximate surface area is 131 Å². The van der Waals surface area contributed by atoms with Crippen LogP contribution >= 0.6 is 0 Å². The van der Waals surface area contributed by atoms with E-state index in [-0.39, 0.29) is 11.8 Å². The lowest BCUT2D eigenvalue weighted by Gasteiger charge is -2.42. The summed E-state index contributed by atoms with van der Waals surface area (Å²) >= 11 is 0. The molecule has 0 spiro atoms. The summed E-state index contributed by atoms with van der Waals surface area (Å²) in [6.07, 6.45) is 7.52. The van der Waals surface area contributed by atoms with Crippen molar-refractivity contribution in [3.05, 3.63) is 30.1 Å². The second-order valence-corrected chi connectivity index (χ2v) is 6.31. The second kappa shape index (κ2) is 6.46. The number of pyridine rings is 1. The van der Waals surface area contributed by atoms with Gasteiger partial charge in [-0.05, 0) is 37.3 Å². The maximum Gasteiger partial charge on any atom is 0.253 e. The van der Waals surface area contributed by atoms with Crippen molar-refractivity contribution in [3.8, 4) is 0 Å². The van der Waals surface area contributed by atoms with Gasteiger partial charge in [-0.25, -0.2) is 0 Å². The number of amides is 2. The molecule has 1 aromatic heterocycles. The van der Waals surface area contributed by atoms with E-state index < -0.39 is 0 Å². The van der Waals surface area contributed by atoms with Gasteiger partial charge in [0.15, 0.2) is 0 Å². The van der Waals surface area contributed by atoms with Gasteiger partial charge < -0.3 is 9.80 Å². The van der Waals surface area contributed by atoms with E-state index in [0.717, 1.165) is 45.3 Å². The van der Waals surface area contributed by atoms with Crippen LogP contribution in [0.4, 0.5) is 0 Å². The minimum Gasteiger partial charge on any atom is -0.340 e. The van der Waals surface area contributed by atoms with Gasteiger partial charge in [0.05, 0.1) is 0 Å². The predicted molar refractivity (Wildman–Crippen MR) is 83.3 cm³/mol. The minimum absolute atomic E-state index is 0.0828. The van der Waals surface area contributed by atoms with E-state index in [1.807, 2.05) is 9.80 Å². The van der Waals surface area contributed by atoms with Crippen LogP contribution in [0.5, 0.6) is 0 Å². The molecule has 5 heteroatoms. The van der Waals surface area contributed by atoms with E-state index in [2.05, 4.69) is 4.98 Å². The first-order chi connectivity index (χ1) is 10.7. The fraction of sp³-hybridized carbons (Fsp3) is 0.588. The van der Waals surface area contributed by atoms with Gasteiger partial charge in [-0.1, -0.05) is 6.42 Å². The van der Waals surface area contributed by atoms with E-state index in [0.29, 0.717) is 17.5 Å². The highest BCUT2D eigenvalue weighted by Gasteiger charge is 2.37. The van der Waals surface area contributed by atoms with Crippen molar-refractivity contribution in [3.63, 3.8) is 0 Å². The van der Waals surface area contributed by atoms with Crippen molar-refractivity contribution < 1.29 is 9.59 Å². The zero-order valence-corrected chi connectivity index (χ0v) is 13.1. The topological polar surface area (TPSA) is 53.5 Å². The molecule has 0 aliphatic carbocycles. The van der Waals surface area contributed by atoms with E-state index >= 15 is 0 Å². The van der Waals surface area contributed by atoms with Gasteiger partial charge >= 0.3 is 0 Å². The minimum atomic E-state index is 0.0828. The molecule has 3 rings (SSSR count). The van der Waals surface area contributed by atoms with E-state index in [1.54, 1.807) is 31.5 Å². The smallest absolute Gasteiger partial charge is 0.253 e. The third-order valence-electron chi connectivity index (χ3n) is 4.94. The standard InChI is InChI=1S/C17H23N3O2/c1-13(21)20-10-3-2-4-15-12-19(11-7-16(15)20)17(22)14-5-8-18-9-6-14/h5-6,8-9,15-16H,2-4,7,10-12H2,1H3/t15-,16-/m1/s1. The molecular weight excluding hydrogens is 278 g/mol. The number of nitrogens with zero attached hydrogens (tertiary/aromatic N) is 3. The molecule has 2 aliphatic heterocycles. The molecule has 118 valence electrons. The Morgan fingerprint density at radius 2 is 1.91 bits per heavy atom. The molecule has 0 radical (unpaired) electrons. The van der Waals surface area contributed by atoms with E-state index in [4.69, 9.17) is 0 Å². The van der Waals surface area contributed by atoms with Crippen LogP contribution in [-0.2, 0) is 4.79 Å². The number of aromatic nitrogens is 1. The van der Waals surface area contributed by atoms with Gasteiger partial charge in [0.25, 0.3) is 5.91 Å². The molecule has 2 atom stereocenters. The summed E-state index contributed by atoms with van der Waals surface area (Å²) in [5, 5.41) is 0. The fourth-order valence-electron chi connectivity index (χ4n) is 3.82. The molecular formula is C17H23N3O2. The second-order valence-electron chi connectivity index (χ2n) is 6.31. The van der Waals surface area contributed by atoms with Crippen LogP contribution in [-0.4, -0.2) is 52.3 Å². The Hall–Kier alpha value is -1.91. The summed E-state index contributed by atoms with van der Waals surface area (Å²) in [4.78, 5) is 32.4. The van der Waals surface area contributed by atoms with Crippen molar-refractivity contribution in [1.82, 2.24) is 14.8 Å². The molecule has 3 heterocycles. The molecule has 0 N–H and O–H groups in total. The summed E-state index contributed by atoms with van der Waals surface area (Å²) in [5.41, 5.74) is 0.700. The lowest BCUT2D eigenvalue weighted by atomic mass is 9.88. The van der Waals surface area contributed by atoms with Gasteiger partial charge in [-0.3, -0.25) is 14.6 Å². The first kappa shape index (κ1) is 15.0. The van der Waals surface area contributed by atoms with Crippen LogP contribution in [0.15, 0.2) is 24.5 Å². The number of piperidine rings is 1. The van der Waals surface area contributed by atoms with Crippen molar-refractivity contribution in [1.29, 1.82) is 0 Å². The van der Waals surface area contributed by atoms with Gasteiger partial charge in [-0.2, -0.15) is 0 Å². The number of likely N-dealkylation sites (tertiary alicyclic amines) is 2. The first-order valence-electron chi connectivity index (χ1n) is 8.13. The number of hydrogen-bond donors (Lipinski definition) is 0. The Morgan fingerprint density at radius 3 is 2.64 bits per heavy atom. The molecule has 0 aromatic carbocycles. The lowest BCUT2D eigenvalue weighted by molar-refractivity contribution is -0.132. The van der Waals surface area contributed by atoms with Crippen LogP contribution in [0, 0.1) is 5.92 Å². The highest BCUT2D eigenvalue weighted by Crippen LogP contribution is 2.30. The first-order valence-corrected chi connectivity index (χ1v) is 8.13. The van der Waals surface area contributed by atoms with Crippen molar-refractivity contribution in [2.45, 2.75) is 38.6 Å². The zero-order chi connectivity index (χ0) is 15.5. The SMILES string of the molecule is CC(=O)N1CCCC[C@@H]2CN(C(=O)c3ccncc3)CC[C@H]21. The maximum atomic E-state index is 12.6. The van der Waals surface area contributed by atoms with Gasteiger partial charge in [0, 0.05) is 50.6 Å². The van der Waals surface area contributed by atoms with Crippen molar-refractivity contribution >= 4 is 11.8 Å². The lowest BCUT2D eigenvalue weighted by Crippen LogP contribution is -2.53. The number of rotatable bonds is 1. The molecule has 2 aliphatic rings. The third kappa shape index (κ3) is 2.98. The van der Waals surface area contributed by atoms with Crippen LogP contribution in [0.2, 0.25) is 0 Å². The summed E-state index contributed by atoms with van der Waals surface area (Å²) in [7, 11) is 0. The number of fused-ring (bicyclic) bond motifs is 1. The summed E-state index contributed by atoms with van der Waals surface area (Å²) in [6.45, 7) is 4.02. The average molecular weight is 301 g/mol. The normalized spacial score (nSPS) is 25.3. The third-order valence-corrected chi connectivity index (χ3v) is 4.94. The number of carbonyl (C=O) groups is 2. The summed E-state index contributed by atoms with van der Waals surface area (Å²) in [6, 6.07) is 3.84. The predicted octanol–water partition coefficient (Wildman–Crippen LogP) is 1.94. The van der Waals surface area contributed by atoms with Crippen LogP contribution < -0.4 is 0 Å². The Kier molecular flexibility index (Phi) is 4.41. The largest absolute Gasteiger partial charge is 0.340 e. The molecule has 2 saturated heterocycles. The maximum absolute atomic E-state index is 12.6. The van der Waals surface area contributed by atoms with Crippen molar-refractivity contribution in [2.75, 3.05) is 19.6 Å². The number of hydrogen-bond acceptors (Lipinski definition) is 3. The molecule has 2 fully saturated rings. The molecule has 1 aromatic rings. The summed E-state index contributed by atoms with van der Waals surface area (Å²) < 4.78 is 0. The van der Waals surface area contributed by atoms with Gasteiger partial charge in [-0.15, -0.1) is 0 Å². The van der Waals surface area contributed by atoms with Crippen LogP contribution in [0.25, 0.3) is 0 Å². The fourth-order valence-corrected chi connectivity index (χ4v) is 3.82. The molecule has 0 bridgehead atoms. The van der Waals surface area contributed by atoms with Crippen molar-refractivity contribution in [2.24, 2.45) is 5.92 Å². The average Bonchev–Trinajstić information content (AvgIpc) is 2.76. The molecule has 22 heavy (non-hydrogen) atoms. The Balaban J connectivity index is 1.73. The van der Waals surface area contributed by atoms with E-state index in [9.17, 15) is 9.59 Å². The van der Waals surface area contributed by atoms with Crippen LogP contribution in [0.3, 0.4) is 0 Å². The quantitative estimate of drug-likeness (QED) is 0.796. The Morgan fingerprint density at radius 1 is 1.14 bits per heavy atom. The molecule has 0 saturated carbocycles. The number of carbonyl (C=O) groups excluding carboxylic acids is 2. The van der Waals surface area contributed by atoms with Crippen LogP contribution in [0.1, 0.15) is 43.0 Å². The highest BCUT2D eigenvalue weighted by atomic mass is 16.2. The Bertz CT molecular complexity index is 546. The highest BCUT2D eigenvalue weighted by molar-refractivity contribution is 5.94. The monoisotopic (exact) mass is 301 g/mol.